The van der Waals surface area contributed by atoms with E-state index in [0.29, 0.717) is 42.3 Å². The second-order valence-corrected chi connectivity index (χ2v) is 9.79. The molecule has 3 aromatic rings. The summed E-state index contributed by atoms with van der Waals surface area (Å²) in [7, 11) is 4.80. The number of ether oxygens (including phenoxy) is 3. The van der Waals surface area contributed by atoms with Crippen LogP contribution in [-0.4, -0.2) is 62.1 Å². The number of benzene rings is 2. The maximum atomic E-state index is 13.7. The molecule has 7 nitrogen and oxygen atoms in total. The Hall–Kier alpha value is -3.52. The van der Waals surface area contributed by atoms with Crippen molar-refractivity contribution in [2.75, 3.05) is 34.4 Å². The molecule has 8 heteroatoms. The molecule has 1 aromatic heterocycles. The van der Waals surface area contributed by atoms with Crippen molar-refractivity contribution in [3.63, 3.8) is 0 Å². The van der Waals surface area contributed by atoms with Crippen LogP contribution in [0.15, 0.2) is 60.0 Å². The highest BCUT2D eigenvalue weighted by Gasteiger charge is 2.26. The van der Waals surface area contributed by atoms with E-state index in [4.69, 9.17) is 14.2 Å². The van der Waals surface area contributed by atoms with Crippen molar-refractivity contribution < 1.29 is 23.8 Å². The summed E-state index contributed by atoms with van der Waals surface area (Å²) in [5.74, 6) is 1.75. The molecule has 0 radical (unpaired) electrons. The standard InChI is InChI=1S/C29H36N2O5S/c1-6-21(2)31(29(33)23-10-12-24(34-3)13-11-23)20-28(32)30(19-25-8-7-17-37-25)16-15-22-9-14-26(35-4)27(18-22)36-5/h7-14,17-18,21H,6,15-16,19-20H2,1-5H3. The van der Waals surface area contributed by atoms with Crippen LogP contribution < -0.4 is 14.2 Å². The largest absolute Gasteiger partial charge is 0.497 e. The molecule has 3 rings (SSSR count). The Kier molecular flexibility index (Phi) is 10.4. The quantitative estimate of drug-likeness (QED) is 0.304. The Morgan fingerprint density at radius 2 is 1.68 bits per heavy atom. The van der Waals surface area contributed by atoms with Crippen LogP contribution in [0.3, 0.4) is 0 Å². The summed E-state index contributed by atoms with van der Waals surface area (Å²) in [5.41, 5.74) is 1.57. The fraction of sp³-hybridized carbons (Fsp3) is 0.379. The zero-order chi connectivity index (χ0) is 26.8. The van der Waals surface area contributed by atoms with Gasteiger partial charge in [0.25, 0.3) is 5.91 Å². The topological polar surface area (TPSA) is 68.3 Å². The molecule has 0 aliphatic rings. The van der Waals surface area contributed by atoms with E-state index < -0.39 is 0 Å². The van der Waals surface area contributed by atoms with Gasteiger partial charge in [0.05, 0.1) is 27.9 Å². The molecule has 1 atom stereocenters. The van der Waals surface area contributed by atoms with E-state index in [1.54, 1.807) is 61.8 Å². The molecule has 0 fully saturated rings. The van der Waals surface area contributed by atoms with Crippen molar-refractivity contribution in [2.24, 2.45) is 0 Å². The second-order valence-electron chi connectivity index (χ2n) is 8.75. The predicted molar refractivity (Wildman–Crippen MR) is 147 cm³/mol. The Morgan fingerprint density at radius 3 is 2.27 bits per heavy atom. The first-order valence-corrected chi connectivity index (χ1v) is 13.2. The average Bonchev–Trinajstić information content (AvgIpc) is 3.46. The van der Waals surface area contributed by atoms with Gasteiger partial charge in [0.1, 0.15) is 12.3 Å². The molecule has 0 saturated carbocycles. The maximum Gasteiger partial charge on any atom is 0.254 e. The fourth-order valence-corrected chi connectivity index (χ4v) is 4.70. The lowest BCUT2D eigenvalue weighted by Gasteiger charge is -2.31. The molecule has 0 aliphatic carbocycles. The molecule has 198 valence electrons. The number of nitrogens with zero attached hydrogens (tertiary/aromatic N) is 2. The molecule has 2 aromatic carbocycles. The lowest BCUT2D eigenvalue weighted by atomic mass is 10.1. The minimum absolute atomic E-state index is 0.0111. The van der Waals surface area contributed by atoms with Crippen LogP contribution in [0.1, 0.15) is 41.1 Å². The molecular formula is C29H36N2O5S. The predicted octanol–water partition coefficient (Wildman–Crippen LogP) is 5.29. The third-order valence-electron chi connectivity index (χ3n) is 6.42. The molecule has 0 saturated heterocycles. The minimum atomic E-state index is -0.165. The number of hydrogen-bond donors (Lipinski definition) is 0. The van der Waals surface area contributed by atoms with Gasteiger partial charge in [0.2, 0.25) is 5.91 Å². The number of methoxy groups -OCH3 is 3. The summed E-state index contributed by atoms with van der Waals surface area (Å²) < 4.78 is 16.0. The molecule has 37 heavy (non-hydrogen) atoms. The van der Waals surface area contributed by atoms with E-state index in [0.717, 1.165) is 16.9 Å². The van der Waals surface area contributed by atoms with Crippen LogP contribution >= 0.6 is 11.3 Å². The third-order valence-corrected chi connectivity index (χ3v) is 7.29. The Bertz CT molecular complexity index is 1150. The first-order valence-electron chi connectivity index (χ1n) is 12.4. The smallest absolute Gasteiger partial charge is 0.254 e. The van der Waals surface area contributed by atoms with Crippen molar-refractivity contribution in [2.45, 2.75) is 39.3 Å². The van der Waals surface area contributed by atoms with Crippen LogP contribution in [0.4, 0.5) is 0 Å². The highest BCUT2D eigenvalue weighted by atomic mass is 32.1. The van der Waals surface area contributed by atoms with Gasteiger partial charge in [0, 0.05) is 23.0 Å². The summed E-state index contributed by atoms with van der Waals surface area (Å²) in [4.78, 5) is 31.7. The Balaban J connectivity index is 1.79. The van der Waals surface area contributed by atoms with Crippen molar-refractivity contribution in [1.82, 2.24) is 9.80 Å². The van der Waals surface area contributed by atoms with E-state index in [9.17, 15) is 9.59 Å². The van der Waals surface area contributed by atoms with Gasteiger partial charge in [-0.1, -0.05) is 19.1 Å². The van der Waals surface area contributed by atoms with Crippen molar-refractivity contribution in [3.8, 4) is 17.2 Å². The van der Waals surface area contributed by atoms with Crippen LogP contribution in [0, 0.1) is 0 Å². The van der Waals surface area contributed by atoms with Crippen molar-refractivity contribution in [1.29, 1.82) is 0 Å². The zero-order valence-corrected chi connectivity index (χ0v) is 23.0. The number of rotatable bonds is 13. The monoisotopic (exact) mass is 524 g/mol. The maximum absolute atomic E-state index is 13.7. The average molecular weight is 525 g/mol. The van der Waals surface area contributed by atoms with E-state index >= 15 is 0 Å². The molecule has 0 aliphatic heterocycles. The van der Waals surface area contributed by atoms with Crippen LogP contribution in [0.25, 0.3) is 0 Å². The lowest BCUT2D eigenvalue weighted by Crippen LogP contribution is -2.46. The fourth-order valence-electron chi connectivity index (χ4n) is 3.98. The van der Waals surface area contributed by atoms with E-state index in [-0.39, 0.29) is 24.4 Å². The number of amides is 2. The van der Waals surface area contributed by atoms with E-state index in [2.05, 4.69) is 0 Å². The molecule has 1 unspecified atom stereocenters. The second kappa shape index (κ2) is 13.7. The van der Waals surface area contributed by atoms with Crippen LogP contribution in [0.2, 0.25) is 0 Å². The highest BCUT2D eigenvalue weighted by molar-refractivity contribution is 7.09. The Morgan fingerprint density at radius 1 is 0.946 bits per heavy atom. The number of carbonyl (C=O) groups excluding carboxylic acids is 2. The summed E-state index contributed by atoms with van der Waals surface area (Å²) in [6.07, 6.45) is 1.39. The summed E-state index contributed by atoms with van der Waals surface area (Å²) >= 11 is 1.61. The van der Waals surface area contributed by atoms with Gasteiger partial charge in [-0.05, 0) is 73.2 Å². The lowest BCUT2D eigenvalue weighted by molar-refractivity contribution is -0.132. The highest BCUT2D eigenvalue weighted by Crippen LogP contribution is 2.28. The van der Waals surface area contributed by atoms with Crippen LogP contribution in [0.5, 0.6) is 17.2 Å². The van der Waals surface area contributed by atoms with Gasteiger partial charge in [0.15, 0.2) is 11.5 Å². The molecule has 0 bridgehead atoms. The van der Waals surface area contributed by atoms with Gasteiger partial charge >= 0.3 is 0 Å². The number of carbonyl (C=O) groups is 2. The first kappa shape index (κ1) is 28.1. The molecule has 2 amide bonds. The van der Waals surface area contributed by atoms with E-state index in [1.807, 2.05) is 54.5 Å². The minimum Gasteiger partial charge on any atom is -0.497 e. The van der Waals surface area contributed by atoms with Gasteiger partial charge < -0.3 is 24.0 Å². The van der Waals surface area contributed by atoms with Crippen molar-refractivity contribution in [3.05, 3.63) is 76.0 Å². The van der Waals surface area contributed by atoms with Gasteiger partial charge in [-0.3, -0.25) is 9.59 Å². The SMILES string of the molecule is CCC(C)N(CC(=O)N(CCc1ccc(OC)c(OC)c1)Cc1cccs1)C(=O)c1ccc(OC)cc1. The van der Waals surface area contributed by atoms with E-state index in [1.165, 1.54) is 0 Å². The normalized spacial score (nSPS) is 11.5. The number of hydrogen-bond acceptors (Lipinski definition) is 6. The zero-order valence-electron chi connectivity index (χ0n) is 22.2. The number of thiophene rings is 1. The molecule has 0 N–H and O–H groups in total. The summed E-state index contributed by atoms with van der Waals surface area (Å²) in [6, 6.07) is 16.7. The molecule has 1 heterocycles. The summed E-state index contributed by atoms with van der Waals surface area (Å²) in [5, 5.41) is 2.00. The summed E-state index contributed by atoms with van der Waals surface area (Å²) in [6.45, 7) is 5.01. The van der Waals surface area contributed by atoms with Gasteiger partial charge in [-0.2, -0.15) is 0 Å². The van der Waals surface area contributed by atoms with Gasteiger partial charge in [-0.15, -0.1) is 11.3 Å². The third kappa shape index (κ3) is 7.49. The van der Waals surface area contributed by atoms with Crippen molar-refractivity contribution >= 4 is 23.2 Å². The first-order chi connectivity index (χ1) is 17.9. The Labute approximate surface area is 223 Å². The molecule has 0 spiro atoms. The van der Waals surface area contributed by atoms with Gasteiger partial charge in [-0.25, -0.2) is 0 Å². The van der Waals surface area contributed by atoms with Crippen LogP contribution in [-0.2, 0) is 17.8 Å². The molecular weight excluding hydrogens is 488 g/mol.